The summed E-state index contributed by atoms with van der Waals surface area (Å²) in [6, 6.07) is 5.60. The number of nitrogens with zero attached hydrogens (tertiary/aromatic N) is 3. The maximum Gasteiger partial charge on any atom is 0.248 e. The van der Waals surface area contributed by atoms with Crippen molar-refractivity contribution in [2.24, 2.45) is 5.92 Å². The molecule has 3 aromatic heterocycles. The molecule has 0 radical (unpaired) electrons. The molecule has 1 fully saturated rings. The minimum Gasteiger partial charge on any atom is -0.387 e. The van der Waals surface area contributed by atoms with E-state index >= 15 is 0 Å². The van der Waals surface area contributed by atoms with E-state index in [1.54, 1.807) is 12.4 Å². The largest absolute Gasteiger partial charge is 0.387 e. The standard InChI is InChI=1S/C16H13F2N3OS/c17-16(18)4-10(5-16)14(22)13-3-9-1-2-12(21-15(9)23-13)11-6-19-8-20-7-11/h1-3,6-8,10,14,22H,4-5H2/t14-/m0/s1. The van der Waals surface area contributed by atoms with E-state index in [2.05, 4.69) is 15.0 Å². The lowest BCUT2D eigenvalue weighted by molar-refractivity contribution is -0.141. The fraction of sp³-hybridized carbons (Fsp3) is 0.312. The van der Waals surface area contributed by atoms with Gasteiger partial charge in [-0.2, -0.15) is 0 Å². The van der Waals surface area contributed by atoms with Gasteiger partial charge in [0.1, 0.15) is 11.2 Å². The number of fused-ring (bicyclic) bond motifs is 1. The fourth-order valence-corrected chi connectivity index (χ4v) is 3.95. The molecule has 0 amide bonds. The maximum absolute atomic E-state index is 13.0. The van der Waals surface area contributed by atoms with Crippen LogP contribution >= 0.6 is 11.3 Å². The molecule has 1 aliphatic carbocycles. The molecule has 7 heteroatoms. The normalized spacial score (nSPS) is 18.7. The topological polar surface area (TPSA) is 58.9 Å². The van der Waals surface area contributed by atoms with Gasteiger partial charge in [0, 0.05) is 47.0 Å². The summed E-state index contributed by atoms with van der Waals surface area (Å²) in [5, 5.41) is 11.2. The third-order valence-corrected chi connectivity index (χ3v) is 5.23. The fourth-order valence-electron chi connectivity index (χ4n) is 2.84. The van der Waals surface area contributed by atoms with Gasteiger partial charge < -0.3 is 5.11 Å². The number of alkyl halides is 2. The van der Waals surface area contributed by atoms with Crippen LogP contribution in [-0.4, -0.2) is 26.0 Å². The Morgan fingerprint density at radius 1 is 1.22 bits per heavy atom. The van der Waals surface area contributed by atoms with Crippen LogP contribution in [0.1, 0.15) is 23.8 Å². The van der Waals surface area contributed by atoms with Crippen LogP contribution in [-0.2, 0) is 0 Å². The van der Waals surface area contributed by atoms with E-state index in [4.69, 9.17) is 0 Å². The Balaban J connectivity index is 1.63. The van der Waals surface area contributed by atoms with Gasteiger partial charge in [-0.15, -0.1) is 11.3 Å². The van der Waals surface area contributed by atoms with E-state index in [9.17, 15) is 13.9 Å². The molecular weight excluding hydrogens is 320 g/mol. The van der Waals surface area contributed by atoms with Crippen molar-refractivity contribution in [2.45, 2.75) is 24.9 Å². The third-order valence-electron chi connectivity index (χ3n) is 4.12. The molecule has 1 aliphatic rings. The molecular formula is C16H13F2N3OS. The number of hydrogen-bond acceptors (Lipinski definition) is 5. The van der Waals surface area contributed by atoms with E-state index < -0.39 is 12.0 Å². The molecule has 4 nitrogen and oxygen atoms in total. The van der Waals surface area contributed by atoms with Crippen LogP contribution in [0.15, 0.2) is 36.9 Å². The Kier molecular flexibility index (Phi) is 3.35. The van der Waals surface area contributed by atoms with Crippen LogP contribution in [0.25, 0.3) is 21.5 Å². The van der Waals surface area contributed by atoms with Gasteiger partial charge in [-0.3, -0.25) is 0 Å². The van der Waals surface area contributed by atoms with Crippen molar-refractivity contribution in [2.75, 3.05) is 0 Å². The van der Waals surface area contributed by atoms with E-state index in [-0.39, 0.29) is 18.8 Å². The molecule has 0 aromatic carbocycles. The Morgan fingerprint density at radius 3 is 2.65 bits per heavy atom. The van der Waals surface area contributed by atoms with Crippen LogP contribution in [0.5, 0.6) is 0 Å². The molecule has 118 valence electrons. The van der Waals surface area contributed by atoms with Crippen molar-refractivity contribution in [3.8, 4) is 11.3 Å². The molecule has 1 atom stereocenters. The lowest BCUT2D eigenvalue weighted by Gasteiger charge is -2.37. The average Bonchev–Trinajstić information content (AvgIpc) is 2.95. The number of aliphatic hydroxyl groups is 1. The zero-order valence-electron chi connectivity index (χ0n) is 12.0. The Morgan fingerprint density at radius 2 is 1.96 bits per heavy atom. The zero-order valence-corrected chi connectivity index (χ0v) is 12.8. The van der Waals surface area contributed by atoms with Crippen molar-refractivity contribution in [1.29, 1.82) is 0 Å². The van der Waals surface area contributed by atoms with E-state index in [0.29, 0.717) is 4.88 Å². The monoisotopic (exact) mass is 333 g/mol. The van der Waals surface area contributed by atoms with Crippen molar-refractivity contribution >= 4 is 21.6 Å². The Labute approximate surface area is 134 Å². The highest BCUT2D eigenvalue weighted by Crippen LogP contribution is 2.49. The molecule has 4 rings (SSSR count). The van der Waals surface area contributed by atoms with Crippen LogP contribution in [0.2, 0.25) is 0 Å². The van der Waals surface area contributed by atoms with Gasteiger partial charge in [0.25, 0.3) is 0 Å². The summed E-state index contributed by atoms with van der Waals surface area (Å²) in [4.78, 5) is 14.0. The van der Waals surface area contributed by atoms with Crippen LogP contribution in [0, 0.1) is 5.92 Å². The predicted octanol–water partition coefficient (Wildman–Crippen LogP) is 3.83. The van der Waals surface area contributed by atoms with Crippen molar-refractivity contribution in [1.82, 2.24) is 15.0 Å². The number of halogens is 2. The highest BCUT2D eigenvalue weighted by Gasteiger charge is 2.48. The SMILES string of the molecule is O[C@H](c1cc2ccc(-c3cncnc3)nc2s1)C1CC(F)(F)C1. The predicted molar refractivity (Wildman–Crippen MR) is 83.3 cm³/mol. The quantitative estimate of drug-likeness (QED) is 0.791. The maximum atomic E-state index is 13.0. The number of pyridine rings is 1. The molecule has 0 bridgehead atoms. The van der Waals surface area contributed by atoms with Gasteiger partial charge in [0.05, 0.1) is 11.8 Å². The van der Waals surface area contributed by atoms with E-state index in [1.807, 2.05) is 18.2 Å². The van der Waals surface area contributed by atoms with Gasteiger partial charge in [-0.1, -0.05) is 0 Å². The smallest absolute Gasteiger partial charge is 0.248 e. The van der Waals surface area contributed by atoms with Crippen molar-refractivity contribution in [3.05, 3.63) is 41.8 Å². The molecule has 3 aromatic rings. The summed E-state index contributed by atoms with van der Waals surface area (Å²) in [6.45, 7) is 0. The number of rotatable bonds is 3. The Bertz CT molecular complexity index is 845. The first-order chi connectivity index (χ1) is 11.0. The second kappa shape index (κ2) is 5.28. The molecule has 1 saturated carbocycles. The van der Waals surface area contributed by atoms with E-state index in [0.717, 1.165) is 21.5 Å². The lowest BCUT2D eigenvalue weighted by atomic mass is 9.77. The lowest BCUT2D eigenvalue weighted by Crippen LogP contribution is -2.38. The van der Waals surface area contributed by atoms with Crippen LogP contribution < -0.4 is 0 Å². The Hall–Kier alpha value is -1.99. The summed E-state index contributed by atoms with van der Waals surface area (Å²) in [5.74, 6) is -3.00. The summed E-state index contributed by atoms with van der Waals surface area (Å²) < 4.78 is 26.0. The molecule has 0 spiro atoms. The van der Waals surface area contributed by atoms with E-state index in [1.165, 1.54) is 17.7 Å². The van der Waals surface area contributed by atoms with Gasteiger partial charge in [0.2, 0.25) is 5.92 Å². The molecule has 0 saturated heterocycles. The van der Waals surface area contributed by atoms with Crippen molar-refractivity contribution < 1.29 is 13.9 Å². The first-order valence-electron chi connectivity index (χ1n) is 7.24. The second-order valence-corrected chi connectivity index (χ2v) is 6.90. The summed E-state index contributed by atoms with van der Waals surface area (Å²) in [7, 11) is 0. The second-order valence-electron chi connectivity index (χ2n) is 5.84. The molecule has 3 heterocycles. The third kappa shape index (κ3) is 2.70. The summed E-state index contributed by atoms with van der Waals surface area (Å²) >= 11 is 1.35. The molecule has 1 N–H and O–H groups in total. The molecule has 23 heavy (non-hydrogen) atoms. The average molecular weight is 333 g/mol. The first-order valence-corrected chi connectivity index (χ1v) is 8.05. The number of hydrogen-bond donors (Lipinski definition) is 1. The first kappa shape index (κ1) is 14.6. The highest BCUT2D eigenvalue weighted by atomic mass is 32.1. The summed E-state index contributed by atoms with van der Waals surface area (Å²) in [6.07, 6.45) is 3.47. The number of aliphatic hydroxyl groups excluding tert-OH is 1. The van der Waals surface area contributed by atoms with Gasteiger partial charge in [-0.05, 0) is 18.2 Å². The highest BCUT2D eigenvalue weighted by molar-refractivity contribution is 7.18. The minimum absolute atomic E-state index is 0.248. The number of aromatic nitrogens is 3. The summed E-state index contributed by atoms with van der Waals surface area (Å²) in [5.41, 5.74) is 1.56. The van der Waals surface area contributed by atoms with Gasteiger partial charge >= 0.3 is 0 Å². The van der Waals surface area contributed by atoms with Gasteiger partial charge in [-0.25, -0.2) is 23.7 Å². The molecule has 0 aliphatic heterocycles. The minimum atomic E-state index is -2.62. The molecule has 0 unspecified atom stereocenters. The zero-order chi connectivity index (χ0) is 16.0. The van der Waals surface area contributed by atoms with Gasteiger partial charge in [0.15, 0.2) is 0 Å². The van der Waals surface area contributed by atoms with Crippen LogP contribution in [0.4, 0.5) is 8.78 Å². The van der Waals surface area contributed by atoms with Crippen LogP contribution in [0.3, 0.4) is 0 Å². The van der Waals surface area contributed by atoms with Crippen molar-refractivity contribution in [3.63, 3.8) is 0 Å². The number of thiophene rings is 1.